The Morgan fingerprint density at radius 2 is 1.89 bits per heavy atom. The van der Waals surface area contributed by atoms with Crippen LogP contribution in [0.5, 0.6) is 0 Å². The van der Waals surface area contributed by atoms with Crippen molar-refractivity contribution in [1.29, 1.82) is 0 Å². The molecule has 2 saturated heterocycles. The highest BCUT2D eigenvalue weighted by Gasteiger charge is 2.30. The average molecular weight is 531 g/mol. The van der Waals surface area contributed by atoms with Crippen molar-refractivity contribution in [2.45, 2.75) is 38.1 Å². The number of benzene rings is 1. The lowest BCUT2D eigenvalue weighted by molar-refractivity contribution is -0.130. The number of aromatic amines is 1. The first-order valence-corrected chi connectivity index (χ1v) is 13.6. The Morgan fingerprint density at radius 3 is 2.69 bits per heavy atom. The predicted octanol–water partition coefficient (Wildman–Crippen LogP) is 4.66. The number of anilines is 2. The van der Waals surface area contributed by atoms with E-state index in [2.05, 4.69) is 25.1 Å². The average Bonchev–Trinajstić information content (AvgIpc) is 3.37. The van der Waals surface area contributed by atoms with Crippen LogP contribution in [0.15, 0.2) is 36.8 Å². The maximum absolute atomic E-state index is 13.2. The molecule has 0 bridgehead atoms. The van der Waals surface area contributed by atoms with E-state index in [4.69, 9.17) is 28.2 Å². The molecule has 2 N–H and O–H groups in total. The van der Waals surface area contributed by atoms with Gasteiger partial charge in [0.1, 0.15) is 17.8 Å². The Labute approximate surface area is 222 Å². The Hall–Kier alpha value is -2.55. The number of nitrogens with zero attached hydrogens (tertiary/aromatic N) is 5. The fourth-order valence-corrected chi connectivity index (χ4v) is 5.89. The summed E-state index contributed by atoms with van der Waals surface area (Å²) in [6.07, 6.45) is 9.39. The van der Waals surface area contributed by atoms with Gasteiger partial charge >= 0.3 is 0 Å². The van der Waals surface area contributed by atoms with Crippen molar-refractivity contribution in [2.75, 3.05) is 56.0 Å². The first kappa shape index (κ1) is 25.1. The third-order valence-corrected chi connectivity index (χ3v) is 7.64. The van der Waals surface area contributed by atoms with E-state index in [-0.39, 0.29) is 18.5 Å². The Kier molecular flexibility index (Phi) is 8.14. The van der Waals surface area contributed by atoms with Gasteiger partial charge in [0, 0.05) is 54.2 Å². The Balaban J connectivity index is 1.29. The van der Waals surface area contributed by atoms with Gasteiger partial charge in [0.15, 0.2) is 0 Å². The molecule has 2 aromatic heterocycles. The van der Waals surface area contributed by atoms with Gasteiger partial charge in [-0.3, -0.25) is 4.79 Å². The van der Waals surface area contributed by atoms with Gasteiger partial charge in [-0.25, -0.2) is 9.97 Å². The third-order valence-electron chi connectivity index (χ3n) is 7.21. The lowest BCUT2D eigenvalue weighted by atomic mass is 10.0. The highest BCUT2D eigenvalue weighted by Crippen LogP contribution is 2.28. The second-order valence-electron chi connectivity index (χ2n) is 9.68. The number of aromatic nitrogens is 3. The van der Waals surface area contributed by atoms with Gasteiger partial charge in [0.2, 0.25) is 5.91 Å². The number of fused-ring (bicyclic) bond motifs is 1. The van der Waals surface area contributed by atoms with Crippen LogP contribution >= 0.6 is 23.2 Å². The molecular formula is C26H33Cl2N7O. The molecule has 1 atom stereocenters. The summed E-state index contributed by atoms with van der Waals surface area (Å²) in [5.41, 5.74) is 1.59. The number of hydrogen-bond donors (Lipinski definition) is 2. The summed E-state index contributed by atoms with van der Waals surface area (Å²) in [6.45, 7) is 5.83. The maximum atomic E-state index is 13.2. The van der Waals surface area contributed by atoms with Crippen molar-refractivity contribution in [3.8, 4) is 0 Å². The van der Waals surface area contributed by atoms with Crippen molar-refractivity contribution in [2.24, 2.45) is 0 Å². The summed E-state index contributed by atoms with van der Waals surface area (Å²) in [5, 5.41) is 5.29. The number of halogens is 2. The molecule has 192 valence electrons. The molecule has 1 aromatic carbocycles. The zero-order valence-corrected chi connectivity index (χ0v) is 21.9. The van der Waals surface area contributed by atoms with Gasteiger partial charge in [0.25, 0.3) is 0 Å². The molecule has 2 aliphatic rings. The van der Waals surface area contributed by atoms with Gasteiger partial charge in [-0.1, -0.05) is 29.6 Å². The molecule has 3 aromatic rings. The molecule has 0 spiro atoms. The molecule has 2 fully saturated rings. The van der Waals surface area contributed by atoms with E-state index in [1.54, 1.807) is 24.5 Å². The Morgan fingerprint density at radius 1 is 1.08 bits per heavy atom. The monoisotopic (exact) mass is 529 g/mol. The van der Waals surface area contributed by atoms with Crippen LogP contribution in [0.4, 0.5) is 11.5 Å². The SMILES string of the molecule is O=C(CNc1cc(Cl)cc(Cl)c1)N1CCCC(N(CCN2CCCCC2)c2ncnc3[nH]ccc23)C1. The van der Waals surface area contributed by atoms with Gasteiger partial charge in [0.05, 0.1) is 11.9 Å². The summed E-state index contributed by atoms with van der Waals surface area (Å²) in [7, 11) is 0. The summed E-state index contributed by atoms with van der Waals surface area (Å²) < 4.78 is 0. The summed E-state index contributed by atoms with van der Waals surface area (Å²) in [6, 6.07) is 7.47. The van der Waals surface area contributed by atoms with Crippen LogP contribution in [-0.2, 0) is 4.79 Å². The summed E-state index contributed by atoms with van der Waals surface area (Å²) in [4.78, 5) is 32.4. The smallest absolute Gasteiger partial charge is 0.241 e. The van der Waals surface area contributed by atoms with Crippen LogP contribution in [0.2, 0.25) is 10.0 Å². The van der Waals surface area contributed by atoms with Crippen molar-refractivity contribution in [1.82, 2.24) is 24.8 Å². The molecule has 5 rings (SSSR count). The van der Waals surface area contributed by atoms with E-state index in [1.807, 2.05) is 17.2 Å². The Bertz CT molecular complexity index is 1160. The predicted molar refractivity (Wildman–Crippen MR) is 146 cm³/mol. The van der Waals surface area contributed by atoms with Crippen LogP contribution in [0.25, 0.3) is 11.0 Å². The minimum Gasteiger partial charge on any atom is -0.376 e. The molecular weight excluding hydrogens is 497 g/mol. The minimum atomic E-state index is 0.0706. The number of hydrogen-bond acceptors (Lipinski definition) is 6. The van der Waals surface area contributed by atoms with Gasteiger partial charge in [-0.2, -0.15) is 0 Å². The van der Waals surface area contributed by atoms with Crippen LogP contribution in [0.1, 0.15) is 32.1 Å². The van der Waals surface area contributed by atoms with E-state index < -0.39 is 0 Å². The van der Waals surface area contributed by atoms with Crippen molar-refractivity contribution >= 4 is 51.6 Å². The minimum absolute atomic E-state index is 0.0706. The van der Waals surface area contributed by atoms with Crippen LogP contribution in [-0.4, -0.2) is 82.5 Å². The molecule has 10 heteroatoms. The lowest BCUT2D eigenvalue weighted by Gasteiger charge is -2.41. The second kappa shape index (κ2) is 11.7. The number of nitrogens with one attached hydrogen (secondary N) is 2. The van der Waals surface area contributed by atoms with Gasteiger partial charge in [-0.05, 0) is 63.0 Å². The van der Waals surface area contributed by atoms with Crippen molar-refractivity contribution in [3.05, 3.63) is 46.8 Å². The van der Waals surface area contributed by atoms with E-state index in [1.165, 1.54) is 19.3 Å². The van der Waals surface area contributed by atoms with Crippen molar-refractivity contribution < 1.29 is 4.79 Å². The first-order valence-electron chi connectivity index (χ1n) is 12.8. The number of rotatable bonds is 8. The molecule has 2 aliphatic heterocycles. The van der Waals surface area contributed by atoms with E-state index in [0.717, 1.165) is 68.1 Å². The van der Waals surface area contributed by atoms with Crippen LogP contribution in [0, 0.1) is 0 Å². The van der Waals surface area contributed by atoms with Crippen molar-refractivity contribution in [3.63, 3.8) is 0 Å². The maximum Gasteiger partial charge on any atom is 0.241 e. The molecule has 8 nitrogen and oxygen atoms in total. The van der Waals surface area contributed by atoms with Crippen LogP contribution < -0.4 is 10.2 Å². The topological polar surface area (TPSA) is 80.4 Å². The van der Waals surface area contributed by atoms with E-state index in [0.29, 0.717) is 16.6 Å². The summed E-state index contributed by atoms with van der Waals surface area (Å²) in [5.74, 6) is 1.02. The zero-order valence-electron chi connectivity index (χ0n) is 20.4. The highest BCUT2D eigenvalue weighted by molar-refractivity contribution is 6.35. The molecule has 36 heavy (non-hydrogen) atoms. The molecule has 1 amide bonds. The highest BCUT2D eigenvalue weighted by atomic mass is 35.5. The summed E-state index contributed by atoms with van der Waals surface area (Å²) >= 11 is 12.2. The number of H-pyrrole nitrogens is 1. The fourth-order valence-electron chi connectivity index (χ4n) is 5.36. The number of carbonyl (C=O) groups excluding carboxylic acids is 1. The largest absolute Gasteiger partial charge is 0.376 e. The van der Waals surface area contributed by atoms with Gasteiger partial charge in [-0.15, -0.1) is 0 Å². The molecule has 0 saturated carbocycles. The normalized spacial score (nSPS) is 18.9. The molecule has 0 radical (unpaired) electrons. The standard InChI is InChI=1S/C26H33Cl2N7O/c27-19-13-20(28)15-21(14-19)30-16-24(36)34-10-4-5-22(17-34)35(12-11-33-8-2-1-3-9-33)26-23-6-7-29-25(23)31-18-32-26/h6-7,13-15,18,22,30H,1-5,8-12,16-17H2,(H,29,31,32). The number of amides is 1. The second-order valence-corrected chi connectivity index (χ2v) is 10.6. The van der Waals surface area contributed by atoms with E-state index in [9.17, 15) is 4.79 Å². The first-order chi connectivity index (χ1) is 17.6. The molecule has 0 aliphatic carbocycles. The third kappa shape index (κ3) is 6.05. The number of piperidine rings is 2. The van der Waals surface area contributed by atoms with Gasteiger partial charge < -0.3 is 25.0 Å². The fraction of sp³-hybridized carbons (Fsp3) is 0.500. The lowest BCUT2D eigenvalue weighted by Crippen LogP contribution is -2.53. The van der Waals surface area contributed by atoms with Crippen LogP contribution in [0.3, 0.4) is 0 Å². The molecule has 1 unspecified atom stereocenters. The number of likely N-dealkylation sites (tertiary alicyclic amines) is 2. The van der Waals surface area contributed by atoms with E-state index >= 15 is 0 Å². The molecule has 4 heterocycles. The quantitative estimate of drug-likeness (QED) is 0.441. The number of carbonyl (C=O) groups is 1. The zero-order chi connectivity index (χ0) is 24.9.